The zero-order valence-corrected chi connectivity index (χ0v) is 14.0. The predicted molar refractivity (Wildman–Crippen MR) is 90.6 cm³/mol. The van der Waals surface area contributed by atoms with E-state index in [0.717, 1.165) is 48.7 Å². The number of piperazine rings is 1. The maximum absolute atomic E-state index is 12.6. The number of rotatable bonds is 3. The van der Waals surface area contributed by atoms with Crippen LogP contribution in [0.2, 0.25) is 0 Å². The Morgan fingerprint density at radius 3 is 2.65 bits per heavy atom. The Hall–Kier alpha value is -2.14. The molecule has 2 aromatic rings. The van der Waals surface area contributed by atoms with Crippen LogP contribution in [0.4, 0.5) is 0 Å². The maximum Gasteiger partial charge on any atom is 0.254 e. The molecule has 1 saturated heterocycles. The molecule has 5 heteroatoms. The van der Waals surface area contributed by atoms with Crippen LogP contribution in [0, 0.1) is 13.8 Å². The van der Waals surface area contributed by atoms with Crippen molar-refractivity contribution in [2.45, 2.75) is 33.4 Å². The number of hydrogen-bond acceptors (Lipinski definition) is 3. The van der Waals surface area contributed by atoms with Gasteiger partial charge in [-0.25, -0.2) is 0 Å². The summed E-state index contributed by atoms with van der Waals surface area (Å²) in [5.41, 5.74) is 4.09. The Labute approximate surface area is 137 Å². The van der Waals surface area contributed by atoms with Gasteiger partial charge in [-0.3, -0.25) is 9.48 Å². The molecule has 23 heavy (non-hydrogen) atoms. The van der Waals surface area contributed by atoms with Crippen molar-refractivity contribution >= 4 is 5.91 Å². The van der Waals surface area contributed by atoms with E-state index in [2.05, 4.69) is 30.3 Å². The molecule has 1 aromatic carbocycles. The fourth-order valence-electron chi connectivity index (χ4n) is 3.07. The molecule has 0 spiro atoms. The standard InChI is InChI=1S/C18H24N4O/c1-13-10-14(2)22(20-13)12-16-4-6-17(7-5-16)18(23)21-9-8-19-11-15(21)3/h4-7,10,15,19H,8-9,11-12H2,1-3H3. The highest BCUT2D eigenvalue weighted by Gasteiger charge is 2.23. The molecule has 0 bridgehead atoms. The molecular formula is C18H24N4O. The van der Waals surface area contributed by atoms with Gasteiger partial charge in [0, 0.05) is 36.9 Å². The molecule has 1 aliphatic rings. The molecular weight excluding hydrogens is 288 g/mol. The molecule has 0 aliphatic carbocycles. The Bertz CT molecular complexity index is 690. The van der Waals surface area contributed by atoms with Crippen LogP contribution in [0.3, 0.4) is 0 Å². The highest BCUT2D eigenvalue weighted by Crippen LogP contribution is 2.13. The van der Waals surface area contributed by atoms with E-state index in [1.165, 1.54) is 0 Å². The van der Waals surface area contributed by atoms with E-state index in [9.17, 15) is 4.79 Å². The zero-order valence-electron chi connectivity index (χ0n) is 14.0. The van der Waals surface area contributed by atoms with Crippen LogP contribution >= 0.6 is 0 Å². The predicted octanol–water partition coefficient (Wildman–Crippen LogP) is 1.98. The molecule has 1 atom stereocenters. The Balaban J connectivity index is 1.71. The molecule has 1 unspecified atom stereocenters. The topological polar surface area (TPSA) is 50.2 Å². The molecule has 1 aliphatic heterocycles. The smallest absolute Gasteiger partial charge is 0.254 e. The number of nitrogens with one attached hydrogen (secondary N) is 1. The molecule has 0 saturated carbocycles. The number of hydrogen-bond donors (Lipinski definition) is 1. The third-order valence-corrected chi connectivity index (χ3v) is 4.40. The van der Waals surface area contributed by atoms with E-state index in [1.807, 2.05) is 40.8 Å². The van der Waals surface area contributed by atoms with Gasteiger partial charge in [0.05, 0.1) is 12.2 Å². The van der Waals surface area contributed by atoms with Crippen molar-refractivity contribution in [3.63, 3.8) is 0 Å². The van der Waals surface area contributed by atoms with Crippen LogP contribution in [0.1, 0.15) is 34.2 Å². The second-order valence-corrected chi connectivity index (χ2v) is 6.33. The Morgan fingerprint density at radius 2 is 2.04 bits per heavy atom. The average molecular weight is 312 g/mol. The van der Waals surface area contributed by atoms with Crippen molar-refractivity contribution in [3.8, 4) is 0 Å². The van der Waals surface area contributed by atoms with Crippen molar-refractivity contribution < 1.29 is 4.79 Å². The fourth-order valence-corrected chi connectivity index (χ4v) is 3.07. The molecule has 1 amide bonds. The van der Waals surface area contributed by atoms with Gasteiger partial charge in [0.15, 0.2) is 0 Å². The third kappa shape index (κ3) is 3.45. The second kappa shape index (κ2) is 6.54. The van der Waals surface area contributed by atoms with Crippen molar-refractivity contribution in [2.75, 3.05) is 19.6 Å². The Kier molecular flexibility index (Phi) is 4.48. The third-order valence-electron chi connectivity index (χ3n) is 4.40. The second-order valence-electron chi connectivity index (χ2n) is 6.33. The first-order valence-corrected chi connectivity index (χ1v) is 8.16. The number of amides is 1. The van der Waals surface area contributed by atoms with E-state index in [1.54, 1.807) is 0 Å². The number of nitrogens with zero attached hydrogens (tertiary/aromatic N) is 3. The van der Waals surface area contributed by atoms with Gasteiger partial charge in [-0.2, -0.15) is 5.10 Å². The van der Waals surface area contributed by atoms with Gasteiger partial charge in [0.25, 0.3) is 5.91 Å². The highest BCUT2D eigenvalue weighted by molar-refractivity contribution is 5.94. The number of benzene rings is 1. The molecule has 5 nitrogen and oxygen atoms in total. The normalized spacial score (nSPS) is 18.2. The maximum atomic E-state index is 12.6. The summed E-state index contributed by atoms with van der Waals surface area (Å²) < 4.78 is 1.99. The lowest BCUT2D eigenvalue weighted by molar-refractivity contribution is 0.0656. The highest BCUT2D eigenvalue weighted by atomic mass is 16.2. The van der Waals surface area contributed by atoms with Crippen molar-refractivity contribution in [1.82, 2.24) is 20.0 Å². The fraction of sp³-hybridized carbons (Fsp3) is 0.444. The average Bonchev–Trinajstić information content (AvgIpc) is 2.85. The van der Waals surface area contributed by atoms with Crippen LogP contribution in [-0.4, -0.2) is 46.3 Å². The van der Waals surface area contributed by atoms with Crippen LogP contribution in [0.5, 0.6) is 0 Å². The lowest BCUT2D eigenvalue weighted by Gasteiger charge is -2.34. The first kappa shape index (κ1) is 15.7. The number of aromatic nitrogens is 2. The quantitative estimate of drug-likeness (QED) is 0.943. The van der Waals surface area contributed by atoms with E-state index in [4.69, 9.17) is 0 Å². The SMILES string of the molecule is Cc1cc(C)n(Cc2ccc(C(=O)N3CCNCC3C)cc2)n1. The van der Waals surface area contributed by atoms with Gasteiger partial charge < -0.3 is 10.2 Å². The Morgan fingerprint density at radius 1 is 1.30 bits per heavy atom. The molecule has 3 rings (SSSR count). The summed E-state index contributed by atoms with van der Waals surface area (Å²) in [6.45, 7) is 9.38. The molecule has 1 aromatic heterocycles. The molecule has 122 valence electrons. The minimum absolute atomic E-state index is 0.122. The molecule has 1 fully saturated rings. The van der Waals surface area contributed by atoms with Crippen molar-refractivity contribution in [1.29, 1.82) is 0 Å². The van der Waals surface area contributed by atoms with E-state index in [0.29, 0.717) is 0 Å². The summed E-state index contributed by atoms with van der Waals surface area (Å²) in [5.74, 6) is 0.122. The van der Waals surface area contributed by atoms with Gasteiger partial charge in [-0.1, -0.05) is 12.1 Å². The largest absolute Gasteiger partial charge is 0.333 e. The monoisotopic (exact) mass is 312 g/mol. The van der Waals surface area contributed by atoms with Crippen LogP contribution in [-0.2, 0) is 6.54 Å². The minimum Gasteiger partial charge on any atom is -0.333 e. The lowest BCUT2D eigenvalue weighted by atomic mass is 10.1. The summed E-state index contributed by atoms with van der Waals surface area (Å²) in [5, 5.41) is 7.79. The number of carbonyl (C=O) groups excluding carboxylic acids is 1. The van der Waals surface area contributed by atoms with Crippen molar-refractivity contribution in [2.24, 2.45) is 0 Å². The summed E-state index contributed by atoms with van der Waals surface area (Å²) in [6, 6.07) is 10.2. The molecule has 1 N–H and O–H groups in total. The first-order chi connectivity index (χ1) is 11.0. The first-order valence-electron chi connectivity index (χ1n) is 8.16. The van der Waals surface area contributed by atoms with Crippen LogP contribution in [0.25, 0.3) is 0 Å². The van der Waals surface area contributed by atoms with E-state index >= 15 is 0 Å². The van der Waals surface area contributed by atoms with Crippen LogP contribution in [0.15, 0.2) is 30.3 Å². The van der Waals surface area contributed by atoms with Gasteiger partial charge in [-0.15, -0.1) is 0 Å². The minimum atomic E-state index is 0.122. The van der Waals surface area contributed by atoms with Gasteiger partial charge in [0.1, 0.15) is 0 Å². The summed E-state index contributed by atoms with van der Waals surface area (Å²) >= 11 is 0. The van der Waals surface area contributed by atoms with E-state index in [-0.39, 0.29) is 11.9 Å². The number of aryl methyl sites for hydroxylation is 2. The number of carbonyl (C=O) groups is 1. The van der Waals surface area contributed by atoms with Crippen LogP contribution < -0.4 is 5.32 Å². The summed E-state index contributed by atoms with van der Waals surface area (Å²) in [7, 11) is 0. The van der Waals surface area contributed by atoms with E-state index < -0.39 is 0 Å². The summed E-state index contributed by atoms with van der Waals surface area (Å²) in [4.78, 5) is 14.6. The van der Waals surface area contributed by atoms with Gasteiger partial charge in [0.2, 0.25) is 0 Å². The van der Waals surface area contributed by atoms with Gasteiger partial charge >= 0.3 is 0 Å². The summed E-state index contributed by atoms with van der Waals surface area (Å²) in [6.07, 6.45) is 0. The van der Waals surface area contributed by atoms with Crippen molar-refractivity contribution in [3.05, 3.63) is 52.8 Å². The molecule has 0 radical (unpaired) electrons. The lowest BCUT2D eigenvalue weighted by Crippen LogP contribution is -2.52. The zero-order chi connectivity index (χ0) is 16.4. The molecule has 2 heterocycles. The van der Waals surface area contributed by atoms with Gasteiger partial charge in [-0.05, 0) is 44.5 Å².